The van der Waals surface area contributed by atoms with Crippen LogP contribution in [-0.2, 0) is 21.1 Å². The zero-order valence-electron chi connectivity index (χ0n) is 11.3. The van der Waals surface area contributed by atoms with Crippen LogP contribution in [0, 0.1) is 5.82 Å². The predicted octanol–water partition coefficient (Wildman–Crippen LogP) is 0.246. The van der Waals surface area contributed by atoms with Crippen LogP contribution in [0.1, 0.15) is 12.0 Å². The zero-order valence-corrected chi connectivity index (χ0v) is 12.1. The number of nitrogens with one attached hydrogen (secondary N) is 1. The van der Waals surface area contributed by atoms with E-state index in [-0.39, 0.29) is 23.9 Å². The van der Waals surface area contributed by atoms with Gasteiger partial charge in [0.1, 0.15) is 15.7 Å². The average molecular weight is 302 g/mol. The molecule has 0 saturated carbocycles. The fourth-order valence-corrected chi connectivity index (χ4v) is 2.27. The van der Waals surface area contributed by atoms with Gasteiger partial charge in [0.25, 0.3) is 0 Å². The molecule has 0 heterocycles. The smallest absolute Gasteiger partial charge is 0.236 e. The number of carbonyl (C=O) groups is 1. The molecule has 1 atom stereocenters. The summed E-state index contributed by atoms with van der Waals surface area (Å²) in [5, 5.41) is 2.63. The highest BCUT2D eigenvalue weighted by atomic mass is 32.2. The van der Waals surface area contributed by atoms with Gasteiger partial charge >= 0.3 is 0 Å². The van der Waals surface area contributed by atoms with Crippen molar-refractivity contribution >= 4 is 15.7 Å². The summed E-state index contributed by atoms with van der Waals surface area (Å²) in [7, 11) is -3.12. The molecule has 1 unspecified atom stereocenters. The van der Waals surface area contributed by atoms with E-state index >= 15 is 0 Å². The Kier molecular flexibility index (Phi) is 6.09. The van der Waals surface area contributed by atoms with E-state index < -0.39 is 15.9 Å². The van der Waals surface area contributed by atoms with Gasteiger partial charge in [-0.25, -0.2) is 12.8 Å². The monoisotopic (exact) mass is 302 g/mol. The molecular weight excluding hydrogens is 283 g/mol. The van der Waals surface area contributed by atoms with E-state index in [2.05, 4.69) is 5.32 Å². The fraction of sp³-hybridized carbons (Fsp3) is 0.462. The summed E-state index contributed by atoms with van der Waals surface area (Å²) >= 11 is 0. The minimum absolute atomic E-state index is 0.0984. The maximum Gasteiger partial charge on any atom is 0.236 e. The SMILES string of the molecule is CS(=O)(=O)CCC(N)C(=O)NCCc1ccc(F)cc1. The van der Waals surface area contributed by atoms with E-state index in [0.717, 1.165) is 11.8 Å². The lowest BCUT2D eigenvalue weighted by Gasteiger charge is -2.11. The number of sulfone groups is 1. The maximum absolute atomic E-state index is 12.7. The van der Waals surface area contributed by atoms with Crippen LogP contribution in [0.5, 0.6) is 0 Å². The largest absolute Gasteiger partial charge is 0.354 e. The van der Waals surface area contributed by atoms with Crippen molar-refractivity contribution in [2.24, 2.45) is 5.73 Å². The van der Waals surface area contributed by atoms with Crippen molar-refractivity contribution in [3.63, 3.8) is 0 Å². The Labute approximate surface area is 118 Å². The van der Waals surface area contributed by atoms with E-state index in [0.29, 0.717) is 13.0 Å². The van der Waals surface area contributed by atoms with Crippen LogP contribution in [-0.4, -0.2) is 38.9 Å². The van der Waals surface area contributed by atoms with Gasteiger partial charge in [0.15, 0.2) is 0 Å². The van der Waals surface area contributed by atoms with Crippen LogP contribution >= 0.6 is 0 Å². The molecule has 0 aliphatic carbocycles. The Morgan fingerprint density at radius 2 is 1.95 bits per heavy atom. The second kappa shape index (κ2) is 7.35. The molecule has 0 aliphatic heterocycles. The molecule has 0 radical (unpaired) electrons. The molecule has 20 heavy (non-hydrogen) atoms. The van der Waals surface area contributed by atoms with Crippen molar-refractivity contribution in [3.8, 4) is 0 Å². The summed E-state index contributed by atoms with van der Waals surface area (Å²) < 4.78 is 34.6. The van der Waals surface area contributed by atoms with Gasteiger partial charge in [-0.2, -0.15) is 0 Å². The fourth-order valence-electron chi connectivity index (χ4n) is 1.58. The van der Waals surface area contributed by atoms with Gasteiger partial charge in [-0.05, 0) is 30.5 Å². The molecule has 0 aromatic heterocycles. The third-order valence-corrected chi connectivity index (χ3v) is 3.74. The highest BCUT2D eigenvalue weighted by Crippen LogP contribution is 2.03. The van der Waals surface area contributed by atoms with Gasteiger partial charge in [0, 0.05) is 12.8 Å². The molecule has 1 aromatic rings. The van der Waals surface area contributed by atoms with Crippen LogP contribution in [0.3, 0.4) is 0 Å². The standard InChI is InChI=1S/C13H19FN2O3S/c1-20(18,19)9-7-12(15)13(17)16-8-6-10-2-4-11(14)5-3-10/h2-5,12H,6-9,15H2,1H3,(H,16,17). The lowest BCUT2D eigenvalue weighted by Crippen LogP contribution is -2.42. The van der Waals surface area contributed by atoms with Gasteiger partial charge in [-0.3, -0.25) is 4.79 Å². The molecule has 112 valence electrons. The van der Waals surface area contributed by atoms with E-state index in [9.17, 15) is 17.6 Å². The van der Waals surface area contributed by atoms with Crippen molar-refractivity contribution in [1.82, 2.24) is 5.32 Å². The molecule has 0 aliphatic rings. The zero-order chi connectivity index (χ0) is 15.2. The minimum atomic E-state index is -3.12. The Morgan fingerprint density at radius 1 is 1.35 bits per heavy atom. The highest BCUT2D eigenvalue weighted by Gasteiger charge is 2.15. The summed E-state index contributed by atoms with van der Waals surface area (Å²) in [4.78, 5) is 11.6. The Balaban J connectivity index is 2.30. The highest BCUT2D eigenvalue weighted by molar-refractivity contribution is 7.90. The quantitative estimate of drug-likeness (QED) is 0.755. The number of nitrogens with two attached hydrogens (primary N) is 1. The van der Waals surface area contributed by atoms with E-state index in [1.807, 2.05) is 0 Å². The summed E-state index contributed by atoms with van der Waals surface area (Å²) in [6, 6.07) is 5.16. The van der Waals surface area contributed by atoms with Gasteiger partial charge < -0.3 is 11.1 Å². The van der Waals surface area contributed by atoms with Crippen molar-refractivity contribution in [2.45, 2.75) is 18.9 Å². The third-order valence-electron chi connectivity index (χ3n) is 2.76. The van der Waals surface area contributed by atoms with Crippen LogP contribution in [0.25, 0.3) is 0 Å². The van der Waals surface area contributed by atoms with Crippen LogP contribution in [0.4, 0.5) is 4.39 Å². The van der Waals surface area contributed by atoms with Crippen LogP contribution in [0.2, 0.25) is 0 Å². The predicted molar refractivity (Wildman–Crippen MR) is 75.4 cm³/mol. The lowest BCUT2D eigenvalue weighted by atomic mass is 10.1. The first-order valence-electron chi connectivity index (χ1n) is 6.23. The van der Waals surface area contributed by atoms with Gasteiger partial charge in [-0.15, -0.1) is 0 Å². The summed E-state index contributed by atoms with van der Waals surface area (Å²) in [5.41, 5.74) is 6.50. The molecule has 0 spiro atoms. The normalized spacial score (nSPS) is 12.9. The van der Waals surface area contributed by atoms with Crippen LogP contribution in [0.15, 0.2) is 24.3 Å². The molecule has 1 rings (SSSR count). The molecule has 0 bridgehead atoms. The molecule has 3 N–H and O–H groups in total. The number of hydrogen-bond acceptors (Lipinski definition) is 4. The van der Waals surface area contributed by atoms with Crippen molar-refractivity contribution in [1.29, 1.82) is 0 Å². The first kappa shape index (κ1) is 16.6. The molecule has 7 heteroatoms. The molecule has 1 amide bonds. The second-order valence-electron chi connectivity index (χ2n) is 4.69. The second-order valence-corrected chi connectivity index (χ2v) is 6.95. The Hall–Kier alpha value is -1.47. The number of hydrogen-bond donors (Lipinski definition) is 2. The van der Waals surface area contributed by atoms with E-state index in [4.69, 9.17) is 5.73 Å². The molecule has 0 saturated heterocycles. The number of halogens is 1. The van der Waals surface area contributed by atoms with Crippen molar-refractivity contribution < 1.29 is 17.6 Å². The van der Waals surface area contributed by atoms with Crippen molar-refractivity contribution in [3.05, 3.63) is 35.6 Å². The molecule has 5 nitrogen and oxygen atoms in total. The Morgan fingerprint density at radius 3 is 2.50 bits per heavy atom. The average Bonchev–Trinajstić information content (AvgIpc) is 2.37. The first-order valence-corrected chi connectivity index (χ1v) is 8.29. The topological polar surface area (TPSA) is 89.3 Å². The van der Waals surface area contributed by atoms with Crippen LogP contribution < -0.4 is 11.1 Å². The minimum Gasteiger partial charge on any atom is -0.354 e. The number of amides is 1. The number of rotatable bonds is 7. The number of carbonyl (C=O) groups excluding carboxylic acids is 1. The molecule has 1 aromatic carbocycles. The summed E-state index contributed by atoms with van der Waals surface area (Å²) in [5.74, 6) is -0.795. The Bertz CT molecular complexity index is 543. The molecule has 0 fully saturated rings. The third kappa shape index (κ3) is 6.63. The summed E-state index contributed by atoms with van der Waals surface area (Å²) in [6.45, 7) is 0.372. The van der Waals surface area contributed by atoms with Gasteiger partial charge in [0.2, 0.25) is 5.91 Å². The van der Waals surface area contributed by atoms with Gasteiger partial charge in [0.05, 0.1) is 11.8 Å². The molecular formula is C13H19FN2O3S. The summed E-state index contributed by atoms with van der Waals surface area (Å²) in [6.07, 6.45) is 1.76. The first-order chi connectivity index (χ1) is 9.28. The van der Waals surface area contributed by atoms with E-state index in [1.54, 1.807) is 12.1 Å². The van der Waals surface area contributed by atoms with Gasteiger partial charge in [-0.1, -0.05) is 12.1 Å². The lowest BCUT2D eigenvalue weighted by molar-refractivity contribution is -0.122. The maximum atomic E-state index is 12.7. The van der Waals surface area contributed by atoms with E-state index in [1.165, 1.54) is 12.1 Å². The number of benzene rings is 1. The van der Waals surface area contributed by atoms with Crippen molar-refractivity contribution in [2.75, 3.05) is 18.6 Å².